The normalized spacial score (nSPS) is 12.4. The monoisotopic (exact) mass is 1190 g/mol. The molecule has 396 valence electrons. The molecule has 0 saturated heterocycles. The first-order valence-electron chi connectivity index (χ1n) is 25.4. The van der Waals surface area contributed by atoms with E-state index in [1.165, 1.54) is 36.4 Å². The van der Waals surface area contributed by atoms with E-state index in [0.717, 1.165) is 113 Å². The van der Waals surface area contributed by atoms with Gasteiger partial charge in [0.1, 0.15) is 0 Å². The highest BCUT2D eigenvalue weighted by Gasteiger charge is 2.34. The number of fused-ring (bicyclic) bond motifs is 5. The summed E-state index contributed by atoms with van der Waals surface area (Å²) in [4.78, 5) is 0. The first-order valence-corrected chi connectivity index (χ1v) is 26.5. The predicted octanol–water partition coefficient (Wildman–Crippen LogP) is 21.8. The van der Waals surface area contributed by atoms with Crippen LogP contribution >= 0.6 is 22.6 Å². The highest BCUT2D eigenvalue weighted by atomic mass is 127. The van der Waals surface area contributed by atoms with E-state index in [0.29, 0.717) is 44.2 Å². The van der Waals surface area contributed by atoms with E-state index >= 15 is 0 Å². The van der Waals surface area contributed by atoms with Gasteiger partial charge in [0.2, 0.25) is 0 Å². The maximum Gasteiger partial charge on any atom is 0.416 e. The Balaban J connectivity index is 1.13. The zero-order chi connectivity index (χ0) is 55.8. The van der Waals surface area contributed by atoms with Gasteiger partial charge in [-0.15, -0.1) is 0 Å². The third kappa shape index (κ3) is 9.77. The fraction of sp³-hybridized carbons (Fsp3) is 0.0882. The van der Waals surface area contributed by atoms with Crippen molar-refractivity contribution in [3.8, 4) is 61.3 Å². The van der Waals surface area contributed by atoms with Gasteiger partial charge in [-0.1, -0.05) is 158 Å². The van der Waals surface area contributed by atoms with Crippen molar-refractivity contribution < 1.29 is 43.9 Å². The van der Waals surface area contributed by atoms with E-state index in [2.05, 4.69) is 0 Å². The molecular weight excluding hydrogens is 1150 g/mol. The van der Waals surface area contributed by atoms with Crippen molar-refractivity contribution in [2.75, 3.05) is 0 Å². The molecule has 0 unspecified atom stereocenters. The van der Waals surface area contributed by atoms with Gasteiger partial charge in [0.05, 0.1) is 22.2 Å². The molecular formula is C68H42F10IN. The Bertz CT molecular complexity index is 4350. The standard InChI is InChI=1S/C68H42F10IN/c1-39-12-24-49(66(71,72)73)35-55(39)56-36-50(67(74,75)76)25-22-47(56)32-40-13-28-53-59(33-40)63(45-18-14-43(15-19-45)41-8-4-2-5-9-41)54-29-27-52(38-60(54)64(53)46-20-16-44(17-21-46)42-10-6-3-7-11-42)80-61-30-23-48(65(69)70)34-57(61)58-37-51(68(77,78)79)26-31-62(58)80/h2-31,33-38,65H,32H2,1H3. The fourth-order valence-electron chi connectivity index (χ4n) is 11.2. The van der Waals surface area contributed by atoms with Crippen LogP contribution in [0, 0.1) is 6.92 Å². The van der Waals surface area contributed by atoms with Crippen molar-refractivity contribution >= 4 is 65.9 Å². The minimum Gasteiger partial charge on any atom is -0.309 e. The second-order valence-corrected chi connectivity index (χ2v) is 21.3. The average Bonchev–Trinajstić information content (AvgIpc) is 3.15. The van der Waals surface area contributed by atoms with Crippen LogP contribution in [0.5, 0.6) is 0 Å². The molecule has 12 rings (SSSR count). The van der Waals surface area contributed by atoms with Crippen LogP contribution in [0.3, 0.4) is 0 Å². The number of hydrogen-bond donors (Lipinski definition) is 0. The summed E-state index contributed by atoms with van der Waals surface area (Å²) in [6.45, 7) is 1.57. The Kier molecular flexibility index (Phi) is 13.2. The number of aromatic nitrogens is 1. The third-order valence-electron chi connectivity index (χ3n) is 15.0. The number of nitrogens with zero attached hydrogens (tertiary/aromatic N) is 1. The molecule has 0 atom stereocenters. The molecule has 11 aromatic carbocycles. The van der Waals surface area contributed by atoms with Crippen LogP contribution in [0.15, 0.2) is 218 Å². The van der Waals surface area contributed by atoms with Crippen molar-refractivity contribution in [3.05, 3.63) is 257 Å². The van der Waals surface area contributed by atoms with Gasteiger partial charge < -0.3 is 4.57 Å². The summed E-state index contributed by atoms with van der Waals surface area (Å²) in [7, 11) is 0. The van der Waals surface area contributed by atoms with Crippen LogP contribution in [0.2, 0.25) is 0 Å². The second-order valence-electron chi connectivity index (χ2n) is 20.0. The Morgan fingerprint density at radius 2 is 0.875 bits per heavy atom. The van der Waals surface area contributed by atoms with Gasteiger partial charge in [0.15, 0.2) is 0 Å². The van der Waals surface area contributed by atoms with Gasteiger partial charge in [-0.2, -0.15) is 35.1 Å². The molecule has 0 spiro atoms. The lowest BCUT2D eigenvalue weighted by molar-refractivity contribution is -0.138. The van der Waals surface area contributed by atoms with Crippen molar-refractivity contribution in [3.63, 3.8) is 0 Å². The molecule has 0 radical (unpaired) electrons. The highest BCUT2D eigenvalue weighted by Crippen LogP contribution is 2.48. The Morgan fingerprint density at radius 3 is 1.43 bits per heavy atom. The number of benzene rings is 11. The molecule has 0 aliphatic carbocycles. The van der Waals surface area contributed by atoms with Crippen LogP contribution in [0.1, 0.15) is 45.4 Å². The van der Waals surface area contributed by atoms with Crippen molar-refractivity contribution in [1.29, 1.82) is 0 Å². The highest BCUT2D eigenvalue weighted by molar-refractivity contribution is 14.1. The lowest BCUT2D eigenvalue weighted by Gasteiger charge is -2.21. The van der Waals surface area contributed by atoms with Gasteiger partial charge in [0.25, 0.3) is 6.43 Å². The zero-order valence-corrected chi connectivity index (χ0v) is 44.3. The quantitative estimate of drug-likeness (QED) is 0.0557. The number of aryl methyl sites for hydroxylation is 1. The molecule has 0 aliphatic rings. The number of hydrogen-bond acceptors (Lipinski definition) is 0. The minimum absolute atomic E-state index is 0.0280. The van der Waals surface area contributed by atoms with Crippen LogP contribution in [0.4, 0.5) is 43.9 Å². The summed E-state index contributed by atoms with van der Waals surface area (Å²) in [5.74, 6) is 0. The van der Waals surface area contributed by atoms with Gasteiger partial charge in [-0.05, 0) is 168 Å². The Hall–Kier alpha value is -8.23. The molecule has 1 aromatic heterocycles. The fourth-order valence-corrected chi connectivity index (χ4v) is 11.5. The summed E-state index contributed by atoms with van der Waals surface area (Å²) in [5, 5.41) is 3.92. The van der Waals surface area contributed by atoms with Crippen LogP contribution in [0.25, 0.3) is 105 Å². The van der Waals surface area contributed by atoms with E-state index in [4.69, 9.17) is 0 Å². The Morgan fingerprint density at radius 1 is 0.400 bits per heavy atom. The lowest BCUT2D eigenvalue weighted by Crippen LogP contribution is -2.08. The first kappa shape index (κ1) is 52.5. The molecule has 12 aromatic rings. The molecule has 12 heteroatoms. The topological polar surface area (TPSA) is 4.93 Å². The van der Waals surface area contributed by atoms with E-state index in [1.54, 1.807) is 19.1 Å². The average molecular weight is 1190 g/mol. The van der Waals surface area contributed by atoms with E-state index in [-0.39, 0.29) is 28.7 Å². The summed E-state index contributed by atoms with van der Waals surface area (Å²) in [5.41, 5.74) is 7.88. The largest absolute Gasteiger partial charge is 0.416 e. The maximum absolute atomic E-state index is 15.0. The number of halogens is 11. The molecule has 1 nitrogen and oxygen atoms in total. The second kappa shape index (κ2) is 20.1. The zero-order valence-electron chi connectivity index (χ0n) is 42.2. The SMILES string of the molecule is Cc1ccc(C(F)(F)F)cc1-c1cc(C(F)(F)F)ccc1Cc1ccc2c(-c3ccc(-c4ccccc4)cc3)c3cc(-n4c5ccc(C(F)F)cc5c5cc(C(F)(F)I)ccc54)ccc3c(-c3ccc(-c4ccccc4)cc3)c2c1. The number of alkyl halides is 11. The summed E-state index contributed by atoms with van der Waals surface area (Å²) in [6.07, 6.45) is -12.3. The molecule has 0 N–H and O–H groups in total. The molecule has 0 aliphatic heterocycles. The Labute approximate surface area is 466 Å². The van der Waals surface area contributed by atoms with Gasteiger partial charge in [-0.25, -0.2) is 8.78 Å². The molecule has 0 fully saturated rings. The van der Waals surface area contributed by atoms with E-state index in [9.17, 15) is 43.9 Å². The summed E-state index contributed by atoms with van der Waals surface area (Å²) < 4.78 is 143. The van der Waals surface area contributed by atoms with Crippen LogP contribution in [-0.4, -0.2) is 4.57 Å². The van der Waals surface area contributed by atoms with Gasteiger partial charge in [-0.3, -0.25) is 0 Å². The molecule has 0 amide bonds. The number of rotatable bonds is 10. The summed E-state index contributed by atoms with van der Waals surface area (Å²) >= 11 is 1.06. The van der Waals surface area contributed by atoms with Crippen molar-refractivity contribution in [2.24, 2.45) is 0 Å². The third-order valence-corrected chi connectivity index (χ3v) is 15.7. The minimum atomic E-state index is -4.77. The van der Waals surface area contributed by atoms with Crippen molar-refractivity contribution in [1.82, 2.24) is 4.57 Å². The van der Waals surface area contributed by atoms with Crippen LogP contribution < -0.4 is 0 Å². The van der Waals surface area contributed by atoms with E-state index in [1.807, 2.05) is 150 Å². The summed E-state index contributed by atoms with van der Waals surface area (Å²) in [6, 6.07) is 62.7. The lowest BCUT2D eigenvalue weighted by atomic mass is 9.83. The van der Waals surface area contributed by atoms with Gasteiger partial charge >= 0.3 is 16.3 Å². The smallest absolute Gasteiger partial charge is 0.309 e. The van der Waals surface area contributed by atoms with E-state index < -0.39 is 33.8 Å². The van der Waals surface area contributed by atoms with Crippen molar-refractivity contribution in [2.45, 2.75) is 36.1 Å². The molecule has 80 heavy (non-hydrogen) atoms. The van der Waals surface area contributed by atoms with Crippen LogP contribution in [-0.2, 0) is 22.7 Å². The van der Waals surface area contributed by atoms with Gasteiger partial charge in [0, 0.05) is 50.2 Å². The maximum atomic E-state index is 15.0. The molecule has 0 saturated carbocycles. The molecule has 0 bridgehead atoms. The first-order chi connectivity index (χ1) is 38.3. The predicted molar refractivity (Wildman–Crippen MR) is 310 cm³/mol. The molecule has 1 heterocycles.